The summed E-state index contributed by atoms with van der Waals surface area (Å²) in [5.41, 5.74) is 2.25. The molecule has 0 bridgehead atoms. The van der Waals surface area contributed by atoms with Crippen LogP contribution in [0.2, 0.25) is 0 Å². The van der Waals surface area contributed by atoms with E-state index in [1.807, 2.05) is 52.8 Å². The number of rotatable bonds is 3. The molecule has 0 saturated carbocycles. The van der Waals surface area contributed by atoms with Gasteiger partial charge in [0.05, 0.1) is 11.2 Å². The molecular weight excluding hydrogens is 359 g/mol. The summed E-state index contributed by atoms with van der Waals surface area (Å²) in [4.78, 5) is 26.7. The van der Waals surface area contributed by atoms with E-state index in [0.29, 0.717) is 19.6 Å². The molecule has 152 valence electrons. The summed E-state index contributed by atoms with van der Waals surface area (Å²) in [6.45, 7) is 12.9. The highest BCUT2D eigenvalue weighted by Gasteiger charge is 2.51. The van der Waals surface area contributed by atoms with Crippen LogP contribution in [0.4, 0.5) is 4.79 Å². The quantitative estimate of drug-likeness (QED) is 0.802. The summed E-state index contributed by atoms with van der Waals surface area (Å²) in [5.74, 6) is -0.164. The van der Waals surface area contributed by atoms with E-state index in [1.165, 1.54) is 4.90 Å². The minimum absolute atomic E-state index is 0.164. The van der Waals surface area contributed by atoms with Gasteiger partial charge in [-0.15, -0.1) is 0 Å². The third kappa shape index (κ3) is 3.63. The molecule has 0 aliphatic carbocycles. The number of carbonyl (C=O) groups is 2. The number of benzene rings is 1. The van der Waals surface area contributed by atoms with Crippen molar-refractivity contribution in [3.63, 3.8) is 0 Å². The normalized spacial score (nSPS) is 24.0. The van der Waals surface area contributed by atoms with Crippen molar-refractivity contribution in [2.75, 3.05) is 13.1 Å². The topological polar surface area (TPSA) is 79.3 Å². The first-order valence-electron chi connectivity index (χ1n) is 9.66. The average Bonchev–Trinajstić information content (AvgIpc) is 2.81. The van der Waals surface area contributed by atoms with E-state index in [0.717, 1.165) is 16.6 Å². The van der Waals surface area contributed by atoms with E-state index in [1.54, 1.807) is 11.8 Å². The molecule has 0 aromatic heterocycles. The predicted octanol–water partition coefficient (Wildman–Crippen LogP) is 2.00. The molecule has 28 heavy (non-hydrogen) atoms. The summed E-state index contributed by atoms with van der Waals surface area (Å²) in [5, 5.41) is 9.19. The van der Waals surface area contributed by atoms with E-state index >= 15 is 0 Å². The van der Waals surface area contributed by atoms with Gasteiger partial charge in [0.15, 0.2) is 0 Å². The van der Waals surface area contributed by atoms with Crippen LogP contribution in [-0.2, 0) is 20.6 Å². The molecule has 8 heteroatoms. The third-order valence-electron chi connectivity index (χ3n) is 6.25. The van der Waals surface area contributed by atoms with Gasteiger partial charge >= 0.3 is 13.2 Å². The highest BCUT2D eigenvalue weighted by atomic mass is 16.7. The highest BCUT2D eigenvalue weighted by molar-refractivity contribution is 6.62. The number of nitrogens with zero attached hydrogens (tertiary/aromatic N) is 2. The fourth-order valence-electron chi connectivity index (χ4n) is 3.58. The standard InChI is InChI=1S/C20H29BN2O5/c1-13-11-16(21-27-19(3,4)20(5,6)28-21)8-7-15(13)12-22-9-10-23(18(25)26)14(2)17(22)24/h7-8,11,14H,9-10,12H2,1-6H3,(H,25,26). The van der Waals surface area contributed by atoms with Crippen LogP contribution in [0, 0.1) is 6.92 Å². The lowest BCUT2D eigenvalue weighted by atomic mass is 9.78. The Hall–Kier alpha value is -2.06. The summed E-state index contributed by atoms with van der Waals surface area (Å²) >= 11 is 0. The summed E-state index contributed by atoms with van der Waals surface area (Å²) < 4.78 is 12.2. The van der Waals surface area contributed by atoms with Crippen molar-refractivity contribution in [3.05, 3.63) is 29.3 Å². The number of hydrogen-bond donors (Lipinski definition) is 1. The first kappa shape index (κ1) is 20.7. The summed E-state index contributed by atoms with van der Waals surface area (Å²) in [7, 11) is -0.418. The Morgan fingerprint density at radius 2 is 1.82 bits per heavy atom. The second-order valence-corrected chi connectivity index (χ2v) is 8.69. The number of hydrogen-bond acceptors (Lipinski definition) is 4. The van der Waals surface area contributed by atoms with Crippen molar-refractivity contribution in [3.8, 4) is 0 Å². The van der Waals surface area contributed by atoms with Gasteiger partial charge in [0.25, 0.3) is 0 Å². The molecule has 1 N–H and O–H groups in total. The minimum atomic E-state index is -1.05. The molecular formula is C20H29BN2O5. The zero-order valence-electron chi connectivity index (χ0n) is 17.5. The molecule has 2 saturated heterocycles. The van der Waals surface area contributed by atoms with E-state index in [2.05, 4.69) is 0 Å². The second kappa shape index (κ2) is 7.08. The second-order valence-electron chi connectivity index (χ2n) is 8.69. The molecule has 2 aliphatic rings. The fraction of sp³-hybridized carbons (Fsp3) is 0.600. The van der Waals surface area contributed by atoms with Crippen LogP contribution >= 0.6 is 0 Å². The predicted molar refractivity (Wildman–Crippen MR) is 107 cm³/mol. The van der Waals surface area contributed by atoms with Crippen LogP contribution in [0.3, 0.4) is 0 Å². The summed E-state index contributed by atoms with van der Waals surface area (Å²) in [6, 6.07) is 5.36. The van der Waals surface area contributed by atoms with Gasteiger partial charge in [-0.2, -0.15) is 0 Å². The van der Waals surface area contributed by atoms with Gasteiger partial charge < -0.3 is 19.3 Å². The lowest BCUT2D eigenvalue weighted by Crippen LogP contribution is -2.56. The molecule has 1 unspecified atom stereocenters. The van der Waals surface area contributed by atoms with Gasteiger partial charge in [-0.25, -0.2) is 4.79 Å². The van der Waals surface area contributed by atoms with Gasteiger partial charge in [-0.3, -0.25) is 9.69 Å². The SMILES string of the molecule is Cc1cc(B2OC(C)(C)C(C)(C)O2)ccc1CN1CCN(C(=O)O)C(C)C1=O. The van der Waals surface area contributed by atoms with E-state index in [4.69, 9.17) is 9.31 Å². The molecule has 1 aromatic carbocycles. The monoisotopic (exact) mass is 388 g/mol. The molecule has 1 atom stereocenters. The Morgan fingerprint density at radius 1 is 1.21 bits per heavy atom. The van der Waals surface area contributed by atoms with Crippen LogP contribution in [0.25, 0.3) is 0 Å². The summed E-state index contributed by atoms with van der Waals surface area (Å²) in [6.07, 6.45) is -1.05. The minimum Gasteiger partial charge on any atom is -0.465 e. The zero-order chi connectivity index (χ0) is 20.9. The molecule has 0 radical (unpaired) electrons. The molecule has 1 aromatic rings. The van der Waals surface area contributed by atoms with E-state index < -0.39 is 30.5 Å². The number of amides is 2. The lowest BCUT2D eigenvalue weighted by molar-refractivity contribution is -0.140. The number of carboxylic acid groups (broad SMARTS) is 1. The molecule has 2 aliphatic heterocycles. The van der Waals surface area contributed by atoms with Crippen molar-refractivity contribution in [2.24, 2.45) is 0 Å². The molecule has 7 nitrogen and oxygen atoms in total. The van der Waals surface area contributed by atoms with Crippen molar-refractivity contribution in [2.45, 2.75) is 65.3 Å². The molecule has 2 amide bonds. The first-order valence-corrected chi connectivity index (χ1v) is 9.66. The largest absolute Gasteiger partial charge is 0.494 e. The Kier molecular flexibility index (Phi) is 5.23. The number of aryl methyl sites for hydroxylation is 1. The van der Waals surface area contributed by atoms with Crippen molar-refractivity contribution >= 4 is 24.6 Å². The maximum Gasteiger partial charge on any atom is 0.494 e. The first-order chi connectivity index (χ1) is 12.9. The van der Waals surface area contributed by atoms with Gasteiger partial charge in [-0.1, -0.05) is 18.2 Å². The maximum absolute atomic E-state index is 12.6. The molecule has 3 rings (SSSR count). The third-order valence-corrected chi connectivity index (χ3v) is 6.25. The van der Waals surface area contributed by atoms with E-state index in [9.17, 15) is 14.7 Å². The Balaban J connectivity index is 1.72. The maximum atomic E-state index is 12.6. The number of piperazine rings is 1. The van der Waals surface area contributed by atoms with Gasteiger partial charge in [0.2, 0.25) is 5.91 Å². The van der Waals surface area contributed by atoms with Crippen molar-refractivity contribution in [1.82, 2.24) is 9.80 Å². The Morgan fingerprint density at radius 3 is 2.36 bits per heavy atom. The average molecular weight is 388 g/mol. The van der Waals surface area contributed by atoms with Gasteiger partial charge in [-0.05, 0) is 58.1 Å². The van der Waals surface area contributed by atoms with Crippen LogP contribution < -0.4 is 5.46 Å². The Labute approximate surface area is 166 Å². The highest BCUT2D eigenvalue weighted by Crippen LogP contribution is 2.36. The van der Waals surface area contributed by atoms with Crippen molar-refractivity contribution < 1.29 is 24.0 Å². The zero-order valence-corrected chi connectivity index (χ0v) is 17.5. The molecule has 0 spiro atoms. The molecule has 2 fully saturated rings. The van der Waals surface area contributed by atoms with Crippen LogP contribution in [0.5, 0.6) is 0 Å². The van der Waals surface area contributed by atoms with Crippen LogP contribution in [0.15, 0.2) is 18.2 Å². The fourth-order valence-corrected chi connectivity index (χ4v) is 3.58. The van der Waals surface area contributed by atoms with Gasteiger partial charge in [0.1, 0.15) is 6.04 Å². The lowest BCUT2D eigenvalue weighted by Gasteiger charge is -2.37. The number of carbonyl (C=O) groups excluding carboxylic acids is 1. The van der Waals surface area contributed by atoms with Crippen LogP contribution in [0.1, 0.15) is 45.7 Å². The van der Waals surface area contributed by atoms with Gasteiger partial charge in [0, 0.05) is 19.6 Å². The Bertz CT molecular complexity index is 779. The van der Waals surface area contributed by atoms with Crippen LogP contribution in [-0.4, -0.2) is 64.4 Å². The van der Waals surface area contributed by atoms with E-state index in [-0.39, 0.29) is 5.91 Å². The van der Waals surface area contributed by atoms with Crippen molar-refractivity contribution in [1.29, 1.82) is 0 Å². The smallest absolute Gasteiger partial charge is 0.465 e. The molecule has 2 heterocycles.